The third kappa shape index (κ3) is 2.34. The normalized spacial score (nSPS) is 21.5. The van der Waals surface area contributed by atoms with Crippen LogP contribution >= 0.6 is 11.5 Å². The van der Waals surface area contributed by atoms with Gasteiger partial charge < -0.3 is 10.1 Å². The van der Waals surface area contributed by atoms with E-state index in [-0.39, 0.29) is 24.3 Å². The number of ether oxygens (including phenoxy) is 1. The van der Waals surface area contributed by atoms with E-state index in [1.807, 2.05) is 6.92 Å². The molecule has 1 fully saturated rings. The minimum absolute atomic E-state index is 0.157. The molecule has 1 N–H and O–H groups in total. The molecule has 2 heterocycles. The van der Waals surface area contributed by atoms with Crippen LogP contribution in [-0.2, 0) is 14.3 Å². The van der Waals surface area contributed by atoms with Crippen molar-refractivity contribution in [2.24, 2.45) is 0 Å². The number of imide groups is 1. The number of anilines is 1. The van der Waals surface area contributed by atoms with Crippen molar-refractivity contribution in [1.29, 1.82) is 0 Å². The molecule has 1 aliphatic rings. The summed E-state index contributed by atoms with van der Waals surface area (Å²) in [5.41, 5.74) is 0. The van der Waals surface area contributed by atoms with E-state index in [1.165, 1.54) is 7.05 Å². The third-order valence-electron chi connectivity index (χ3n) is 2.84. The van der Waals surface area contributed by atoms with Crippen molar-refractivity contribution < 1.29 is 14.3 Å². The quantitative estimate of drug-likeness (QED) is 0.798. The molecule has 2 atom stereocenters. The minimum atomic E-state index is -0.541. The summed E-state index contributed by atoms with van der Waals surface area (Å²) < 4.78 is 9.22. The van der Waals surface area contributed by atoms with Crippen molar-refractivity contribution in [3.8, 4) is 0 Å². The number of rotatable bonds is 4. The van der Waals surface area contributed by atoms with Crippen LogP contribution in [0.2, 0.25) is 0 Å². The summed E-state index contributed by atoms with van der Waals surface area (Å²) in [6.07, 6.45) is -0.0373. The lowest BCUT2D eigenvalue weighted by Crippen LogP contribution is -2.31. The second-order valence-electron chi connectivity index (χ2n) is 4.03. The summed E-state index contributed by atoms with van der Waals surface area (Å²) in [5, 5.41) is 3.45. The first-order valence-corrected chi connectivity index (χ1v) is 6.23. The highest BCUT2D eigenvalue weighted by Gasteiger charge is 2.36. The van der Waals surface area contributed by atoms with Crippen LogP contribution in [0.3, 0.4) is 0 Å². The standard InChI is InChI=1S/C10H14N4O3S/c1-5(17-3)8-12-10(18-13-8)11-6-4-7(15)14(2)9(6)16/h5-6H,4H2,1-3H3,(H,11,12,13)/t5-,6+/m1/s1. The SMILES string of the molecule is CO[C@H](C)c1nsc(N[C@H]2CC(=O)N(C)C2=O)n1. The van der Waals surface area contributed by atoms with E-state index in [9.17, 15) is 9.59 Å². The average molecular weight is 270 g/mol. The van der Waals surface area contributed by atoms with Crippen molar-refractivity contribution in [2.75, 3.05) is 19.5 Å². The van der Waals surface area contributed by atoms with Gasteiger partial charge in [0, 0.05) is 25.7 Å². The first-order valence-electron chi connectivity index (χ1n) is 5.46. The van der Waals surface area contributed by atoms with Gasteiger partial charge in [-0.25, -0.2) is 4.98 Å². The molecular formula is C10H14N4O3S. The molecule has 1 saturated heterocycles. The second-order valence-corrected chi connectivity index (χ2v) is 4.78. The first kappa shape index (κ1) is 12.9. The molecule has 8 heteroatoms. The van der Waals surface area contributed by atoms with E-state index < -0.39 is 6.04 Å². The Balaban J connectivity index is 2.04. The maximum Gasteiger partial charge on any atom is 0.251 e. The van der Waals surface area contributed by atoms with Gasteiger partial charge in [0.05, 0.1) is 6.42 Å². The maximum atomic E-state index is 11.7. The Labute approximate surface area is 108 Å². The number of carbonyl (C=O) groups is 2. The summed E-state index contributed by atoms with van der Waals surface area (Å²) in [6, 6.07) is -0.541. The molecule has 1 aromatic rings. The van der Waals surface area contributed by atoms with Crippen molar-refractivity contribution in [1.82, 2.24) is 14.3 Å². The van der Waals surface area contributed by atoms with Gasteiger partial charge in [0.1, 0.15) is 12.1 Å². The Kier molecular flexibility index (Phi) is 3.58. The number of hydrogen-bond acceptors (Lipinski definition) is 7. The van der Waals surface area contributed by atoms with Gasteiger partial charge in [-0.05, 0) is 6.92 Å². The number of likely N-dealkylation sites (tertiary alicyclic amines) is 1. The van der Waals surface area contributed by atoms with Crippen LogP contribution in [0.1, 0.15) is 25.3 Å². The summed E-state index contributed by atoms with van der Waals surface area (Å²) in [6.45, 7) is 1.84. The molecule has 0 aromatic carbocycles. The highest BCUT2D eigenvalue weighted by atomic mass is 32.1. The minimum Gasteiger partial charge on any atom is -0.374 e. The zero-order chi connectivity index (χ0) is 13.3. The van der Waals surface area contributed by atoms with Crippen molar-refractivity contribution >= 4 is 28.5 Å². The van der Waals surface area contributed by atoms with E-state index in [1.54, 1.807) is 7.11 Å². The molecule has 0 radical (unpaired) electrons. The number of amides is 2. The van der Waals surface area contributed by atoms with Crippen LogP contribution in [0.5, 0.6) is 0 Å². The van der Waals surface area contributed by atoms with Crippen LogP contribution < -0.4 is 5.32 Å². The van der Waals surface area contributed by atoms with Crippen LogP contribution in [0.15, 0.2) is 0 Å². The Morgan fingerprint density at radius 3 is 2.83 bits per heavy atom. The molecule has 0 aliphatic carbocycles. The van der Waals surface area contributed by atoms with Crippen molar-refractivity contribution in [3.63, 3.8) is 0 Å². The molecule has 2 amide bonds. The molecule has 0 spiro atoms. The molecule has 1 aliphatic heterocycles. The van der Waals surface area contributed by atoms with Gasteiger partial charge in [0.2, 0.25) is 11.0 Å². The summed E-state index contributed by atoms with van der Waals surface area (Å²) >= 11 is 1.15. The van der Waals surface area contributed by atoms with E-state index in [2.05, 4.69) is 14.7 Å². The molecule has 0 bridgehead atoms. The lowest BCUT2D eigenvalue weighted by atomic mass is 10.2. The number of nitrogens with zero attached hydrogens (tertiary/aromatic N) is 3. The lowest BCUT2D eigenvalue weighted by Gasteiger charge is -2.09. The fourth-order valence-electron chi connectivity index (χ4n) is 1.58. The maximum absolute atomic E-state index is 11.7. The zero-order valence-electron chi connectivity index (χ0n) is 10.3. The van der Waals surface area contributed by atoms with Gasteiger partial charge in [-0.3, -0.25) is 14.5 Å². The predicted octanol–water partition coefficient (Wildman–Crippen LogP) is 0.415. The molecule has 98 valence electrons. The van der Waals surface area contributed by atoms with Gasteiger partial charge >= 0.3 is 0 Å². The van der Waals surface area contributed by atoms with E-state index in [0.717, 1.165) is 16.4 Å². The number of hydrogen-bond donors (Lipinski definition) is 1. The van der Waals surface area contributed by atoms with Gasteiger partial charge in [0.25, 0.3) is 5.91 Å². The largest absolute Gasteiger partial charge is 0.374 e. The Bertz CT molecular complexity index is 475. The van der Waals surface area contributed by atoms with Gasteiger partial charge in [-0.15, -0.1) is 0 Å². The van der Waals surface area contributed by atoms with Crippen molar-refractivity contribution in [3.05, 3.63) is 5.82 Å². The molecular weight excluding hydrogens is 256 g/mol. The Morgan fingerprint density at radius 2 is 2.28 bits per heavy atom. The van der Waals surface area contributed by atoms with Gasteiger partial charge in [0.15, 0.2) is 5.82 Å². The predicted molar refractivity (Wildman–Crippen MR) is 65.1 cm³/mol. The van der Waals surface area contributed by atoms with Crippen LogP contribution in [0.4, 0.5) is 5.13 Å². The molecule has 1 aromatic heterocycles. The highest BCUT2D eigenvalue weighted by Crippen LogP contribution is 2.21. The number of methoxy groups -OCH3 is 1. The second kappa shape index (κ2) is 4.99. The fourth-order valence-corrected chi connectivity index (χ4v) is 2.28. The highest BCUT2D eigenvalue weighted by molar-refractivity contribution is 7.09. The van der Waals surface area contributed by atoms with E-state index in [0.29, 0.717) is 11.0 Å². The fraction of sp³-hybridized carbons (Fsp3) is 0.600. The number of carbonyl (C=O) groups excluding carboxylic acids is 2. The number of nitrogens with one attached hydrogen (secondary N) is 1. The van der Waals surface area contributed by atoms with Crippen LogP contribution in [0.25, 0.3) is 0 Å². The summed E-state index contributed by atoms with van der Waals surface area (Å²) in [5.74, 6) is 0.138. The number of likely N-dealkylation sites (N-methyl/N-ethyl adjacent to an activating group) is 1. The first-order chi connectivity index (χ1) is 8.52. The topological polar surface area (TPSA) is 84.4 Å². The van der Waals surface area contributed by atoms with Gasteiger partial charge in [-0.1, -0.05) is 0 Å². The Morgan fingerprint density at radius 1 is 1.56 bits per heavy atom. The number of aromatic nitrogens is 2. The van der Waals surface area contributed by atoms with Crippen LogP contribution in [0, 0.1) is 0 Å². The zero-order valence-corrected chi connectivity index (χ0v) is 11.2. The molecule has 7 nitrogen and oxygen atoms in total. The summed E-state index contributed by atoms with van der Waals surface area (Å²) in [7, 11) is 3.05. The van der Waals surface area contributed by atoms with E-state index in [4.69, 9.17) is 4.74 Å². The summed E-state index contributed by atoms with van der Waals surface area (Å²) in [4.78, 5) is 28.4. The van der Waals surface area contributed by atoms with Crippen LogP contribution in [-0.4, -0.2) is 46.3 Å². The molecule has 0 saturated carbocycles. The monoisotopic (exact) mass is 270 g/mol. The van der Waals surface area contributed by atoms with Crippen molar-refractivity contribution in [2.45, 2.75) is 25.5 Å². The Hall–Kier alpha value is -1.54. The molecule has 0 unspecified atom stereocenters. The molecule has 18 heavy (non-hydrogen) atoms. The average Bonchev–Trinajstić information content (AvgIpc) is 2.91. The smallest absolute Gasteiger partial charge is 0.251 e. The molecule has 2 rings (SSSR count). The van der Waals surface area contributed by atoms with E-state index >= 15 is 0 Å². The third-order valence-corrected chi connectivity index (χ3v) is 3.50. The lowest BCUT2D eigenvalue weighted by molar-refractivity contribution is -0.136. The van der Waals surface area contributed by atoms with Gasteiger partial charge in [-0.2, -0.15) is 4.37 Å².